The topological polar surface area (TPSA) is 75.5 Å². The van der Waals surface area contributed by atoms with Gasteiger partial charge in [0.2, 0.25) is 11.7 Å². The molecule has 0 unspecified atom stereocenters. The lowest BCUT2D eigenvalue weighted by atomic mass is 10.2. The maximum atomic E-state index is 15.4. The molecule has 0 amide bonds. The standard InChI is InChI=1S/C28H28F2N6O2/c1-17-15-21-22(36(17)28(37)18-3-4-18)9-10-23(24(21)29)38-27-25(30)26(31-16-32-27)33-19-5-7-20(8-6-19)35-13-11-34(2)12-14-35/h5-10,15-16,18H,3-4,11-14H2,1-2H3,(H,31,32,33). The maximum Gasteiger partial charge on any atom is 0.261 e. The number of likely N-dealkylation sites (N-methyl/N-ethyl adjacent to an activating group) is 1. The number of ether oxygens (including phenoxy) is 1. The van der Waals surface area contributed by atoms with Gasteiger partial charge in [-0.15, -0.1) is 0 Å². The predicted molar refractivity (Wildman–Crippen MR) is 141 cm³/mol. The molecule has 196 valence electrons. The van der Waals surface area contributed by atoms with E-state index in [0.29, 0.717) is 16.9 Å². The fraction of sp³-hybridized carbons (Fsp3) is 0.321. The third kappa shape index (κ3) is 4.56. The molecule has 2 aromatic heterocycles. The normalized spacial score (nSPS) is 16.2. The Hall–Kier alpha value is -4.05. The van der Waals surface area contributed by atoms with Crippen LogP contribution in [-0.2, 0) is 0 Å². The first-order valence-corrected chi connectivity index (χ1v) is 12.7. The van der Waals surface area contributed by atoms with Gasteiger partial charge >= 0.3 is 0 Å². The Bertz CT molecular complexity index is 1510. The molecule has 1 aliphatic carbocycles. The molecular formula is C28H28F2N6O2. The van der Waals surface area contributed by atoms with Crippen molar-refractivity contribution in [2.24, 2.45) is 5.92 Å². The van der Waals surface area contributed by atoms with Crippen molar-refractivity contribution in [2.45, 2.75) is 19.8 Å². The minimum atomic E-state index is -0.840. The molecule has 1 saturated heterocycles. The molecule has 0 bridgehead atoms. The number of hydrogen-bond acceptors (Lipinski definition) is 7. The van der Waals surface area contributed by atoms with Crippen LogP contribution >= 0.6 is 0 Å². The van der Waals surface area contributed by atoms with Gasteiger partial charge in [0, 0.05) is 54.6 Å². The maximum absolute atomic E-state index is 15.4. The van der Waals surface area contributed by atoms with E-state index in [4.69, 9.17) is 4.74 Å². The van der Waals surface area contributed by atoms with Gasteiger partial charge in [-0.2, -0.15) is 9.37 Å². The summed E-state index contributed by atoms with van der Waals surface area (Å²) >= 11 is 0. The van der Waals surface area contributed by atoms with Crippen molar-refractivity contribution >= 4 is 34.0 Å². The lowest BCUT2D eigenvalue weighted by Gasteiger charge is -2.34. The Kier molecular flexibility index (Phi) is 6.19. The van der Waals surface area contributed by atoms with Gasteiger partial charge in [-0.3, -0.25) is 9.36 Å². The van der Waals surface area contributed by atoms with Gasteiger partial charge in [-0.25, -0.2) is 9.37 Å². The van der Waals surface area contributed by atoms with Crippen molar-refractivity contribution in [3.05, 3.63) is 66.1 Å². The highest BCUT2D eigenvalue weighted by Crippen LogP contribution is 2.36. The molecule has 0 radical (unpaired) electrons. The molecule has 0 spiro atoms. The zero-order valence-electron chi connectivity index (χ0n) is 21.2. The number of rotatable bonds is 6. The van der Waals surface area contributed by atoms with Crippen LogP contribution in [0.3, 0.4) is 0 Å². The van der Waals surface area contributed by atoms with Crippen molar-refractivity contribution < 1.29 is 18.3 Å². The molecule has 2 aromatic carbocycles. The summed E-state index contributed by atoms with van der Waals surface area (Å²) in [5.74, 6) is -2.23. The summed E-state index contributed by atoms with van der Waals surface area (Å²) in [7, 11) is 2.11. The number of nitrogens with one attached hydrogen (secondary N) is 1. The zero-order chi connectivity index (χ0) is 26.4. The highest BCUT2D eigenvalue weighted by Gasteiger charge is 2.32. The van der Waals surface area contributed by atoms with E-state index in [1.807, 2.05) is 24.3 Å². The van der Waals surface area contributed by atoms with Crippen LogP contribution < -0.4 is 15.0 Å². The van der Waals surface area contributed by atoms with E-state index < -0.39 is 17.5 Å². The Labute approximate surface area is 218 Å². The number of benzene rings is 2. The van der Waals surface area contributed by atoms with Crippen LogP contribution in [0, 0.1) is 24.5 Å². The van der Waals surface area contributed by atoms with E-state index in [1.54, 1.807) is 23.6 Å². The lowest BCUT2D eigenvalue weighted by molar-refractivity contribution is 0.0889. The summed E-state index contributed by atoms with van der Waals surface area (Å²) in [6, 6.07) is 12.3. The summed E-state index contributed by atoms with van der Waals surface area (Å²) in [6.07, 6.45) is 2.86. The molecule has 6 rings (SSSR count). The van der Waals surface area contributed by atoms with Gasteiger partial charge in [0.15, 0.2) is 17.4 Å². The molecule has 1 N–H and O–H groups in total. The number of carbonyl (C=O) groups excluding carboxylic acids is 1. The highest BCUT2D eigenvalue weighted by molar-refractivity contribution is 5.96. The molecule has 0 atom stereocenters. The van der Waals surface area contributed by atoms with E-state index in [1.165, 1.54) is 6.07 Å². The molecule has 1 aliphatic heterocycles. The third-order valence-corrected chi connectivity index (χ3v) is 7.18. The number of fused-ring (bicyclic) bond motifs is 1. The Balaban J connectivity index is 1.21. The molecule has 38 heavy (non-hydrogen) atoms. The monoisotopic (exact) mass is 518 g/mol. The summed E-state index contributed by atoms with van der Waals surface area (Å²) in [5.41, 5.74) is 2.86. The second kappa shape index (κ2) is 9.68. The zero-order valence-corrected chi connectivity index (χ0v) is 21.2. The number of carbonyl (C=O) groups is 1. The number of anilines is 3. The van der Waals surface area contributed by atoms with Gasteiger partial charge in [-0.05, 0) is 69.3 Å². The van der Waals surface area contributed by atoms with Crippen molar-refractivity contribution in [1.29, 1.82) is 0 Å². The Morgan fingerprint density at radius 1 is 1.00 bits per heavy atom. The SMILES string of the molecule is Cc1cc2c(F)c(Oc3ncnc(Nc4ccc(N5CCN(C)CC5)cc4)c3F)ccc2n1C(=O)C1CC1. The molecular weight excluding hydrogens is 490 g/mol. The lowest BCUT2D eigenvalue weighted by Crippen LogP contribution is -2.44. The Morgan fingerprint density at radius 3 is 2.45 bits per heavy atom. The minimum Gasteiger partial charge on any atom is -0.433 e. The Morgan fingerprint density at radius 2 is 1.74 bits per heavy atom. The van der Waals surface area contributed by atoms with Crippen LogP contribution in [0.25, 0.3) is 10.9 Å². The second-order valence-corrected chi connectivity index (χ2v) is 9.95. The average Bonchev–Trinajstić information content (AvgIpc) is 3.71. The van der Waals surface area contributed by atoms with E-state index in [-0.39, 0.29) is 28.8 Å². The molecule has 2 aliphatic rings. The summed E-state index contributed by atoms with van der Waals surface area (Å²) in [6.45, 7) is 5.68. The van der Waals surface area contributed by atoms with Crippen molar-refractivity contribution in [3.8, 4) is 11.6 Å². The summed E-state index contributed by atoms with van der Waals surface area (Å²) < 4.78 is 37.8. The second-order valence-electron chi connectivity index (χ2n) is 9.95. The van der Waals surface area contributed by atoms with Gasteiger partial charge < -0.3 is 19.9 Å². The molecule has 4 aromatic rings. The first-order valence-electron chi connectivity index (χ1n) is 12.7. The fourth-order valence-electron chi connectivity index (χ4n) is 4.82. The smallest absolute Gasteiger partial charge is 0.261 e. The molecule has 10 heteroatoms. The highest BCUT2D eigenvalue weighted by atomic mass is 19.1. The summed E-state index contributed by atoms with van der Waals surface area (Å²) in [4.78, 5) is 25.1. The number of aryl methyl sites for hydroxylation is 1. The fourth-order valence-corrected chi connectivity index (χ4v) is 4.82. The minimum absolute atomic E-state index is 0.00712. The first kappa shape index (κ1) is 24.3. The number of aromatic nitrogens is 3. The van der Waals surface area contributed by atoms with Crippen LogP contribution in [0.4, 0.5) is 26.0 Å². The van der Waals surface area contributed by atoms with Crippen LogP contribution in [0.15, 0.2) is 48.8 Å². The predicted octanol–water partition coefficient (Wildman–Crippen LogP) is 5.36. The van der Waals surface area contributed by atoms with Gasteiger partial charge in [0.25, 0.3) is 5.88 Å². The quantitative estimate of drug-likeness (QED) is 0.369. The van der Waals surface area contributed by atoms with Crippen LogP contribution in [-0.4, -0.2) is 58.6 Å². The number of nitrogens with zero attached hydrogens (tertiary/aromatic N) is 5. The first-order chi connectivity index (χ1) is 18.4. The van der Waals surface area contributed by atoms with Crippen LogP contribution in [0.5, 0.6) is 11.6 Å². The van der Waals surface area contributed by atoms with Crippen molar-refractivity contribution in [3.63, 3.8) is 0 Å². The summed E-state index contributed by atoms with van der Waals surface area (Å²) in [5, 5.41) is 3.19. The van der Waals surface area contributed by atoms with Crippen molar-refractivity contribution in [1.82, 2.24) is 19.4 Å². The molecule has 8 nitrogen and oxygen atoms in total. The largest absolute Gasteiger partial charge is 0.433 e. The molecule has 2 fully saturated rings. The number of hydrogen-bond donors (Lipinski definition) is 1. The molecule has 3 heterocycles. The van der Waals surface area contributed by atoms with Gasteiger partial charge in [-0.1, -0.05) is 0 Å². The van der Waals surface area contributed by atoms with Crippen molar-refractivity contribution in [2.75, 3.05) is 43.4 Å². The van der Waals surface area contributed by atoms with Gasteiger partial charge in [0.05, 0.1) is 5.52 Å². The van der Waals surface area contributed by atoms with E-state index in [0.717, 1.165) is 51.0 Å². The van der Waals surface area contributed by atoms with E-state index in [2.05, 4.69) is 32.1 Å². The third-order valence-electron chi connectivity index (χ3n) is 7.18. The molecule has 1 saturated carbocycles. The van der Waals surface area contributed by atoms with Gasteiger partial charge in [0.1, 0.15) is 6.33 Å². The van der Waals surface area contributed by atoms with E-state index >= 15 is 8.78 Å². The van der Waals surface area contributed by atoms with Crippen LogP contribution in [0.2, 0.25) is 0 Å². The van der Waals surface area contributed by atoms with E-state index in [9.17, 15) is 4.79 Å². The average molecular weight is 519 g/mol. The number of piperazine rings is 1. The van der Waals surface area contributed by atoms with Crippen LogP contribution in [0.1, 0.15) is 23.3 Å². The number of halogens is 2.